The Kier molecular flexibility index (Phi) is 4.56. The van der Waals surface area contributed by atoms with E-state index in [-0.39, 0.29) is 5.91 Å². The summed E-state index contributed by atoms with van der Waals surface area (Å²) in [6.45, 7) is 4.60. The molecule has 122 valence electrons. The first-order valence-corrected chi connectivity index (χ1v) is 7.59. The Hall–Kier alpha value is -3.15. The molecule has 3 rings (SSSR count). The van der Waals surface area contributed by atoms with E-state index in [4.69, 9.17) is 4.42 Å². The quantitative estimate of drug-likeness (QED) is 0.580. The van der Waals surface area contributed by atoms with Crippen LogP contribution < -0.4 is 5.43 Å². The van der Waals surface area contributed by atoms with Gasteiger partial charge in [-0.3, -0.25) is 9.48 Å². The number of nitrogens with one attached hydrogen (secondary N) is 1. The summed E-state index contributed by atoms with van der Waals surface area (Å²) in [6, 6.07) is 13.0. The van der Waals surface area contributed by atoms with Crippen LogP contribution in [0.2, 0.25) is 0 Å². The van der Waals surface area contributed by atoms with E-state index in [1.807, 2.05) is 42.8 Å². The lowest BCUT2D eigenvalue weighted by molar-refractivity contribution is 0.0955. The Bertz CT molecular complexity index is 863. The normalized spacial score (nSPS) is 11.1. The number of aromatic nitrogens is 2. The van der Waals surface area contributed by atoms with Crippen molar-refractivity contribution >= 4 is 12.1 Å². The largest absolute Gasteiger partial charge is 0.463 e. The third-order valence-electron chi connectivity index (χ3n) is 3.53. The number of hydrogen-bond acceptors (Lipinski definition) is 4. The second-order valence-corrected chi connectivity index (χ2v) is 5.50. The maximum Gasteiger partial charge on any atom is 0.271 e. The molecule has 0 aliphatic rings. The summed E-state index contributed by atoms with van der Waals surface area (Å²) < 4.78 is 7.03. The van der Waals surface area contributed by atoms with Crippen LogP contribution in [0.1, 0.15) is 33.1 Å². The lowest BCUT2D eigenvalue weighted by Gasteiger charge is -2.06. The zero-order valence-electron chi connectivity index (χ0n) is 13.6. The van der Waals surface area contributed by atoms with Crippen molar-refractivity contribution in [1.29, 1.82) is 0 Å². The molecule has 24 heavy (non-hydrogen) atoms. The van der Waals surface area contributed by atoms with E-state index >= 15 is 0 Å². The minimum absolute atomic E-state index is 0.270. The number of carbonyl (C=O) groups is 1. The fourth-order valence-corrected chi connectivity index (χ4v) is 2.40. The number of nitrogens with zero attached hydrogens (tertiary/aromatic N) is 3. The molecule has 0 atom stereocenters. The minimum atomic E-state index is -0.270. The standard InChI is InChI=1S/C18H18N4O2/c1-13-9-14(2)22(21-13)12-15-5-3-6-16(10-15)18(23)20-19-11-17-7-4-8-24-17/h3-11H,12H2,1-2H3,(H,20,23)/b19-11-. The van der Waals surface area contributed by atoms with Gasteiger partial charge in [0.2, 0.25) is 0 Å². The molecule has 2 aromatic heterocycles. The molecule has 1 N–H and O–H groups in total. The van der Waals surface area contributed by atoms with Crippen molar-refractivity contribution in [3.05, 3.63) is 77.0 Å². The molecule has 6 heteroatoms. The Morgan fingerprint density at radius 3 is 2.88 bits per heavy atom. The second kappa shape index (κ2) is 6.95. The van der Waals surface area contributed by atoms with Gasteiger partial charge in [0.15, 0.2) is 0 Å². The molecule has 0 unspecified atom stereocenters. The van der Waals surface area contributed by atoms with Crippen LogP contribution in [0.3, 0.4) is 0 Å². The molecule has 0 bridgehead atoms. The van der Waals surface area contributed by atoms with Crippen LogP contribution in [-0.2, 0) is 6.54 Å². The highest BCUT2D eigenvalue weighted by atomic mass is 16.3. The number of furan rings is 1. The van der Waals surface area contributed by atoms with Crippen LogP contribution in [0, 0.1) is 13.8 Å². The van der Waals surface area contributed by atoms with E-state index < -0.39 is 0 Å². The minimum Gasteiger partial charge on any atom is -0.463 e. The van der Waals surface area contributed by atoms with Crippen molar-refractivity contribution in [2.75, 3.05) is 0 Å². The summed E-state index contributed by atoms with van der Waals surface area (Å²) in [7, 11) is 0. The van der Waals surface area contributed by atoms with Crippen LogP contribution in [-0.4, -0.2) is 21.9 Å². The molecule has 0 aliphatic carbocycles. The van der Waals surface area contributed by atoms with Crippen LogP contribution in [0.4, 0.5) is 0 Å². The van der Waals surface area contributed by atoms with E-state index in [1.54, 1.807) is 24.5 Å². The Balaban J connectivity index is 1.68. The van der Waals surface area contributed by atoms with Crippen LogP contribution in [0.15, 0.2) is 58.2 Å². The maximum absolute atomic E-state index is 12.2. The molecule has 2 heterocycles. The van der Waals surface area contributed by atoms with Gasteiger partial charge in [0.25, 0.3) is 5.91 Å². The van der Waals surface area contributed by atoms with E-state index in [1.165, 1.54) is 6.21 Å². The summed E-state index contributed by atoms with van der Waals surface area (Å²) >= 11 is 0. The smallest absolute Gasteiger partial charge is 0.271 e. The number of rotatable bonds is 5. The van der Waals surface area contributed by atoms with Crippen molar-refractivity contribution < 1.29 is 9.21 Å². The summed E-state index contributed by atoms with van der Waals surface area (Å²) in [5.74, 6) is 0.307. The van der Waals surface area contributed by atoms with Crippen molar-refractivity contribution in [2.24, 2.45) is 5.10 Å². The highest BCUT2D eigenvalue weighted by Crippen LogP contribution is 2.10. The highest BCUT2D eigenvalue weighted by Gasteiger charge is 2.07. The maximum atomic E-state index is 12.2. The monoisotopic (exact) mass is 322 g/mol. The predicted octanol–water partition coefficient (Wildman–Crippen LogP) is 2.91. The third kappa shape index (κ3) is 3.78. The SMILES string of the molecule is Cc1cc(C)n(Cc2cccc(C(=O)N/N=C\c3ccco3)c2)n1. The molecule has 0 fully saturated rings. The van der Waals surface area contributed by atoms with Crippen molar-refractivity contribution in [1.82, 2.24) is 15.2 Å². The van der Waals surface area contributed by atoms with E-state index in [0.29, 0.717) is 17.9 Å². The first kappa shape index (κ1) is 15.7. The van der Waals surface area contributed by atoms with Gasteiger partial charge in [-0.2, -0.15) is 10.2 Å². The zero-order valence-corrected chi connectivity index (χ0v) is 13.6. The van der Waals surface area contributed by atoms with Gasteiger partial charge in [-0.1, -0.05) is 12.1 Å². The molecule has 0 radical (unpaired) electrons. The van der Waals surface area contributed by atoms with Gasteiger partial charge in [0.1, 0.15) is 5.76 Å². The Morgan fingerprint density at radius 1 is 1.29 bits per heavy atom. The second-order valence-electron chi connectivity index (χ2n) is 5.50. The summed E-state index contributed by atoms with van der Waals surface area (Å²) in [5, 5.41) is 8.33. The highest BCUT2D eigenvalue weighted by molar-refractivity contribution is 5.94. The lowest BCUT2D eigenvalue weighted by atomic mass is 10.1. The third-order valence-corrected chi connectivity index (χ3v) is 3.53. The number of hydrazone groups is 1. The van der Waals surface area contributed by atoms with Crippen molar-refractivity contribution in [3.8, 4) is 0 Å². The van der Waals surface area contributed by atoms with Gasteiger partial charge >= 0.3 is 0 Å². The molecule has 6 nitrogen and oxygen atoms in total. The molecule has 0 saturated heterocycles. The van der Waals surface area contributed by atoms with Crippen molar-refractivity contribution in [3.63, 3.8) is 0 Å². The van der Waals surface area contributed by atoms with Gasteiger partial charge in [0.05, 0.1) is 24.7 Å². The van der Waals surface area contributed by atoms with Gasteiger partial charge in [-0.05, 0) is 49.7 Å². The Morgan fingerprint density at radius 2 is 2.17 bits per heavy atom. The first-order chi connectivity index (χ1) is 11.6. The first-order valence-electron chi connectivity index (χ1n) is 7.59. The number of hydrogen-bond donors (Lipinski definition) is 1. The zero-order chi connectivity index (χ0) is 16.9. The number of benzene rings is 1. The van der Waals surface area contributed by atoms with E-state index in [9.17, 15) is 4.79 Å². The number of amides is 1. The average molecular weight is 322 g/mol. The van der Waals surface area contributed by atoms with Crippen molar-refractivity contribution in [2.45, 2.75) is 20.4 Å². The summed E-state index contributed by atoms with van der Waals surface area (Å²) in [4.78, 5) is 12.2. The molecular weight excluding hydrogens is 304 g/mol. The van der Waals surface area contributed by atoms with Gasteiger partial charge in [-0.25, -0.2) is 5.43 Å². The Labute approximate surface area is 139 Å². The van der Waals surface area contributed by atoms with Crippen LogP contribution in [0.5, 0.6) is 0 Å². The van der Waals surface area contributed by atoms with E-state index in [0.717, 1.165) is 17.0 Å². The number of carbonyl (C=O) groups excluding carboxylic acids is 1. The van der Waals surface area contributed by atoms with Gasteiger partial charge < -0.3 is 4.42 Å². The fraction of sp³-hybridized carbons (Fsp3) is 0.167. The molecule has 0 spiro atoms. The molecule has 0 aliphatic heterocycles. The number of aryl methyl sites for hydroxylation is 2. The molecular formula is C18H18N4O2. The topological polar surface area (TPSA) is 72.4 Å². The average Bonchev–Trinajstić information content (AvgIpc) is 3.18. The summed E-state index contributed by atoms with van der Waals surface area (Å²) in [6.07, 6.45) is 3.00. The van der Waals surface area contributed by atoms with Gasteiger partial charge in [-0.15, -0.1) is 0 Å². The molecule has 3 aromatic rings. The van der Waals surface area contributed by atoms with E-state index in [2.05, 4.69) is 15.6 Å². The predicted molar refractivity (Wildman–Crippen MR) is 91.0 cm³/mol. The molecule has 0 saturated carbocycles. The fourth-order valence-electron chi connectivity index (χ4n) is 2.40. The lowest BCUT2D eigenvalue weighted by Crippen LogP contribution is -2.18. The molecule has 1 amide bonds. The molecule has 1 aromatic carbocycles. The van der Waals surface area contributed by atoms with Gasteiger partial charge in [0, 0.05) is 11.3 Å². The van der Waals surface area contributed by atoms with Crippen LogP contribution >= 0.6 is 0 Å². The summed E-state index contributed by atoms with van der Waals surface area (Å²) in [5.41, 5.74) is 6.11. The van der Waals surface area contributed by atoms with Crippen LogP contribution in [0.25, 0.3) is 0 Å².